The predicted octanol–water partition coefficient (Wildman–Crippen LogP) is -4.79. The summed E-state index contributed by atoms with van der Waals surface area (Å²) in [6, 6.07) is 0. The molecule has 0 spiro atoms. The van der Waals surface area contributed by atoms with Crippen LogP contribution in [0.25, 0.3) is 0 Å². The van der Waals surface area contributed by atoms with Gasteiger partial charge in [-0.1, -0.05) is 23.2 Å². The average molecular weight is 1050 g/mol. The molecule has 0 aliphatic carbocycles. The van der Waals surface area contributed by atoms with Crippen molar-refractivity contribution in [1.82, 2.24) is 0 Å². The summed E-state index contributed by atoms with van der Waals surface area (Å²) < 4.78 is 96.0. The van der Waals surface area contributed by atoms with Gasteiger partial charge < -0.3 is 123 Å². The van der Waals surface area contributed by atoms with E-state index in [0.717, 1.165) is 0 Å². The largest absolute Gasteiger partial charge is 0.479 e. The van der Waals surface area contributed by atoms with Crippen LogP contribution >= 0.6 is 23.2 Å². The van der Waals surface area contributed by atoms with Crippen LogP contribution < -0.4 is 0 Å². The topological polar surface area (TPSA) is 431 Å². The number of aliphatic carboxylic acids is 4. The molecular weight excluding hydrogens is 967 g/mol. The summed E-state index contributed by atoms with van der Waals surface area (Å²) in [6.07, 6.45) is -4.15. The van der Waals surface area contributed by atoms with Crippen molar-refractivity contribution in [1.29, 1.82) is 7.16 Å². The first kappa shape index (κ1) is 62.6. The number of carboxylic acid groups (broad SMARTS) is 4. The number of rotatable bonds is 49. The number of alkyl halides is 2. The van der Waals surface area contributed by atoms with E-state index in [0.29, 0.717) is 13.2 Å². The molecule has 0 bridgehead atoms. The summed E-state index contributed by atoms with van der Waals surface area (Å²) in [5.74, 6) is -4.93. The number of carboxylic acids is 4. The lowest BCUT2D eigenvalue weighted by Crippen LogP contribution is -2.30. The maximum atomic E-state index is 10.8. The molecule has 0 unspecified atom stereocenters. The van der Waals surface area contributed by atoms with Crippen molar-refractivity contribution in [2.75, 3.05) is 185 Å². The van der Waals surface area contributed by atoms with Gasteiger partial charge in [0.25, 0.3) is 18.9 Å². The monoisotopic (exact) mass is 1050 g/mol. The Balaban J connectivity index is -0.000000275. The molecule has 67 heavy (non-hydrogen) atoms. The molecule has 0 amide bonds. The van der Waals surface area contributed by atoms with Crippen molar-refractivity contribution >= 4 is 47.1 Å². The smallest absolute Gasteiger partial charge is 0.361 e. The normalized spacial score (nSPS) is 11.7. The number of hydrogen-bond acceptors (Lipinski definition) is 25. The highest BCUT2D eigenvalue weighted by molar-refractivity contribution is 6.52. The molecule has 0 aromatic carbocycles. The van der Waals surface area contributed by atoms with Gasteiger partial charge in [-0.25, -0.2) is 19.2 Å². The fourth-order valence-electron chi connectivity index (χ4n) is 3.06. The van der Waals surface area contributed by atoms with E-state index in [-0.39, 0.29) is 172 Å². The van der Waals surface area contributed by atoms with Crippen LogP contribution in [-0.4, -0.2) is 301 Å². The van der Waals surface area contributed by atoms with Crippen molar-refractivity contribution < 1.29 is 142 Å². The van der Waals surface area contributed by atoms with Gasteiger partial charge in [0.05, 0.1) is 185 Å². The molecule has 0 heterocycles. The molecule has 0 aromatic rings. The van der Waals surface area contributed by atoms with Crippen LogP contribution in [0.3, 0.4) is 0 Å². The SMILES string of the molecule is O=C(O)C(Cl)Cl.O=C(O)C(OCCOCCO)OCCOCCO.[3H]OCCOCCO.[3H]OCCOCCOC(OCCOCCO[3H])C(=O)O.[3H]OCCOCCOC(OCCOCCO[3H])C(=O)O. The molecule has 0 aliphatic heterocycles. The maximum absolute atomic E-state index is 10.8. The highest BCUT2D eigenvalue weighted by Crippen LogP contribution is 2.00. The standard InChI is InChI=1S/3C10H20O8.C4H10O3.C2H2Cl2O2/c3*11-1-3-15-5-7-17-10(9(13)14)18-8-6-16-4-2-12;5-1-3-7-4-2-6;3-1(4)2(5)6/h3*10-12H,1-8H2,(H,13,14);5-6H,1-4H2;1H,(H,5,6)/i2*11T,12T;;5T;. The third-order valence-electron chi connectivity index (χ3n) is 5.62. The molecule has 0 saturated carbocycles. The third-order valence-corrected chi connectivity index (χ3v) is 5.99. The van der Waals surface area contributed by atoms with E-state index in [9.17, 15) is 19.2 Å². The minimum absolute atomic E-state index is 0.0258. The van der Waals surface area contributed by atoms with Crippen molar-refractivity contribution in [2.24, 2.45) is 0 Å². The Hall–Kier alpha value is -2.38. The van der Waals surface area contributed by atoms with E-state index in [1.165, 1.54) is 0 Å². The molecule has 29 nitrogen and oxygen atoms in total. The van der Waals surface area contributed by atoms with E-state index in [4.69, 9.17) is 128 Å². The Morgan fingerprint density at radius 2 is 0.478 bits per heavy atom. The second-order valence-electron chi connectivity index (χ2n) is 10.9. The summed E-state index contributed by atoms with van der Waals surface area (Å²) >= 11 is 9.56. The first-order chi connectivity index (χ1) is 34.7. The van der Waals surface area contributed by atoms with Gasteiger partial charge in [-0.05, 0) is 0 Å². The second-order valence-corrected chi connectivity index (χ2v) is 11.9. The zero-order valence-corrected chi connectivity index (χ0v) is 38.5. The van der Waals surface area contributed by atoms with Crippen LogP contribution in [0.1, 0.15) is 0 Å². The zero-order valence-electron chi connectivity index (χ0n) is 42.0. The Kier molecular flexibility index (Phi) is 59.5. The number of ether oxygens (including phenoxy) is 13. The predicted molar refractivity (Wildman–Crippen MR) is 226 cm³/mol. The number of aliphatic hydroxyl groups excluding tert-OH is 8. The van der Waals surface area contributed by atoms with Gasteiger partial charge >= 0.3 is 23.9 Å². The molecule has 0 atom stereocenters. The molecule has 0 aromatic heterocycles. The number of aliphatic hydroxyl groups is 8. The van der Waals surface area contributed by atoms with E-state index in [2.05, 4.69) is 25.5 Å². The minimum atomic E-state index is -1.39. The summed E-state index contributed by atoms with van der Waals surface area (Å²) in [5.41, 5.74) is 0. The van der Waals surface area contributed by atoms with Gasteiger partial charge in [0, 0.05) is 0 Å². The quantitative estimate of drug-likeness (QED) is 0.0155. The van der Waals surface area contributed by atoms with E-state index >= 15 is 0 Å². The first-order valence-electron chi connectivity index (χ1n) is 21.9. The third kappa shape index (κ3) is 68.0. The van der Waals surface area contributed by atoms with E-state index < -0.39 is 47.6 Å². The Morgan fingerprint density at radius 3 is 0.612 bits per heavy atom. The summed E-state index contributed by atoms with van der Waals surface area (Å²) in [6.45, 7) is 3.96. The molecule has 0 saturated heterocycles. The lowest BCUT2D eigenvalue weighted by atomic mass is 10.6. The lowest BCUT2D eigenvalue weighted by molar-refractivity contribution is -0.195. The van der Waals surface area contributed by atoms with Crippen LogP contribution in [0.15, 0.2) is 0 Å². The number of halogens is 2. The molecular formula is C36H72Cl2O29. The summed E-state index contributed by atoms with van der Waals surface area (Å²) in [7, 11) is 0. The molecule has 0 aliphatic rings. The van der Waals surface area contributed by atoms with Crippen molar-refractivity contribution in [3.05, 3.63) is 0 Å². The second kappa shape index (κ2) is 63.6. The van der Waals surface area contributed by atoms with Gasteiger partial charge in [-0.15, -0.1) is 0 Å². The van der Waals surface area contributed by atoms with Crippen LogP contribution in [-0.2, 0) is 80.8 Å². The minimum Gasteiger partial charge on any atom is -0.479 e. The van der Waals surface area contributed by atoms with Gasteiger partial charge in [0.2, 0.25) is 12.0 Å². The Morgan fingerprint density at radius 1 is 0.313 bits per heavy atom. The molecule has 0 radical (unpaired) electrons. The van der Waals surface area contributed by atoms with E-state index in [1.54, 1.807) is 0 Å². The van der Waals surface area contributed by atoms with Gasteiger partial charge in [0.15, 0.2) is 0 Å². The molecule has 0 fully saturated rings. The Labute approximate surface area is 404 Å². The Bertz CT molecular complexity index is 1030. The molecule has 0 rings (SSSR count). The van der Waals surface area contributed by atoms with Gasteiger partial charge in [-0.2, -0.15) is 0 Å². The maximum Gasteiger partial charge on any atom is 0.361 e. The van der Waals surface area contributed by atoms with Crippen molar-refractivity contribution in [3.8, 4) is 0 Å². The van der Waals surface area contributed by atoms with Crippen LogP contribution in [0.5, 0.6) is 0 Å². The zero-order chi connectivity index (χ0) is 55.1. The van der Waals surface area contributed by atoms with Gasteiger partial charge in [0.1, 0.15) is 0 Å². The molecule has 404 valence electrons. The molecule has 12 N–H and O–H groups in total. The molecule has 31 heteroatoms. The van der Waals surface area contributed by atoms with Crippen LogP contribution in [0.2, 0.25) is 0 Å². The van der Waals surface area contributed by atoms with Gasteiger partial charge in [-0.3, -0.25) is 0 Å². The summed E-state index contributed by atoms with van der Waals surface area (Å²) in [5, 5.41) is 79.2. The van der Waals surface area contributed by atoms with Crippen LogP contribution in [0.4, 0.5) is 0 Å². The first-order valence-corrected chi connectivity index (χ1v) is 20.8. The van der Waals surface area contributed by atoms with E-state index in [1.807, 2.05) is 0 Å². The van der Waals surface area contributed by atoms with Crippen molar-refractivity contribution in [2.45, 2.75) is 23.7 Å². The van der Waals surface area contributed by atoms with Crippen LogP contribution in [0, 0.1) is 0 Å². The highest BCUT2D eigenvalue weighted by Gasteiger charge is 2.20. The van der Waals surface area contributed by atoms with Crippen molar-refractivity contribution in [3.63, 3.8) is 0 Å². The fourth-order valence-corrected chi connectivity index (χ4v) is 3.06. The summed E-state index contributed by atoms with van der Waals surface area (Å²) in [4.78, 5) is 40.5. The average Bonchev–Trinajstić information content (AvgIpc) is 3.35. The fraction of sp³-hybridized carbons (Fsp3) is 0.889. The lowest BCUT2D eigenvalue weighted by Gasteiger charge is -2.14. The highest BCUT2D eigenvalue weighted by atomic mass is 35.5. The number of carbonyl (C=O) groups is 4. The number of hydrogen-bond donors (Lipinski definition) is 12.